The average molecular weight is 351 g/mol. The Morgan fingerprint density at radius 3 is 1.83 bits per heavy atom. The third kappa shape index (κ3) is 6.29. The summed E-state index contributed by atoms with van der Waals surface area (Å²) in [7, 11) is 7.41. The lowest BCUT2D eigenvalue weighted by Gasteiger charge is -2.15. The summed E-state index contributed by atoms with van der Waals surface area (Å²) < 4.78 is 0. The summed E-state index contributed by atoms with van der Waals surface area (Å²) in [5, 5.41) is 9.73. The third-order valence-corrected chi connectivity index (χ3v) is 3.70. The minimum atomic E-state index is 0.517. The molecule has 6 nitrogen and oxygen atoms in total. The van der Waals surface area contributed by atoms with Gasteiger partial charge in [0.25, 0.3) is 0 Å². The quantitative estimate of drug-likeness (QED) is 0.489. The summed E-state index contributed by atoms with van der Waals surface area (Å²) in [4.78, 5) is 3.54. The molecule has 1 aromatic rings. The van der Waals surface area contributed by atoms with Crippen molar-refractivity contribution in [2.45, 2.75) is 6.92 Å². The first-order valence-corrected chi connectivity index (χ1v) is 7.77. The van der Waals surface area contributed by atoms with Gasteiger partial charge in [0.2, 0.25) is 0 Å². The summed E-state index contributed by atoms with van der Waals surface area (Å²) in [6, 6.07) is 9.76. The van der Waals surface area contributed by atoms with Crippen LogP contribution in [-0.4, -0.2) is 59.6 Å². The number of hydrazone groups is 2. The zero-order valence-electron chi connectivity index (χ0n) is 14.0. The Balaban J connectivity index is 3.04. The standard InChI is InChI=1S/C15H22N6S2/c1-11(16-18-14(22)20(2)3)13(12-9-7-6-8-10-12)17-19-15(23)21(4)5/h6-10H,1-5H3,(H,18,22)(H,19,23)/b16-11-,17-13+. The van der Waals surface area contributed by atoms with Crippen LogP contribution in [0, 0.1) is 0 Å². The van der Waals surface area contributed by atoms with Crippen molar-refractivity contribution in [3.63, 3.8) is 0 Å². The lowest BCUT2D eigenvalue weighted by molar-refractivity contribution is 0.605. The molecule has 0 unspecified atom stereocenters. The van der Waals surface area contributed by atoms with Gasteiger partial charge in [-0.3, -0.25) is 10.9 Å². The van der Waals surface area contributed by atoms with Gasteiger partial charge in [0.1, 0.15) is 5.71 Å². The van der Waals surface area contributed by atoms with Crippen LogP contribution in [0.1, 0.15) is 12.5 Å². The lowest BCUT2D eigenvalue weighted by atomic mass is 10.1. The number of thiocarbonyl (C=S) groups is 2. The molecule has 0 fully saturated rings. The van der Waals surface area contributed by atoms with Gasteiger partial charge in [0.15, 0.2) is 10.2 Å². The zero-order valence-corrected chi connectivity index (χ0v) is 15.6. The molecule has 0 saturated heterocycles. The Labute approximate surface area is 148 Å². The molecule has 0 heterocycles. The second-order valence-corrected chi connectivity index (χ2v) is 5.92. The molecule has 0 spiro atoms. The van der Waals surface area contributed by atoms with Gasteiger partial charge in [-0.25, -0.2) is 0 Å². The first-order valence-electron chi connectivity index (χ1n) is 6.95. The molecule has 0 amide bonds. The van der Waals surface area contributed by atoms with Gasteiger partial charge in [-0.1, -0.05) is 30.3 Å². The molecular formula is C15H22N6S2. The van der Waals surface area contributed by atoms with E-state index in [1.807, 2.05) is 65.4 Å². The molecule has 0 atom stereocenters. The van der Waals surface area contributed by atoms with Crippen LogP contribution in [0.2, 0.25) is 0 Å². The molecule has 0 radical (unpaired) electrons. The summed E-state index contributed by atoms with van der Waals surface area (Å²) in [6.45, 7) is 1.86. The first-order chi connectivity index (χ1) is 10.8. The average Bonchev–Trinajstić information content (AvgIpc) is 2.53. The van der Waals surface area contributed by atoms with E-state index in [4.69, 9.17) is 24.4 Å². The highest BCUT2D eigenvalue weighted by Crippen LogP contribution is 2.03. The molecule has 23 heavy (non-hydrogen) atoms. The molecule has 0 aliphatic rings. The van der Waals surface area contributed by atoms with E-state index in [-0.39, 0.29) is 0 Å². The molecule has 2 N–H and O–H groups in total. The third-order valence-electron chi connectivity index (χ3n) is 2.78. The number of benzene rings is 1. The molecule has 124 valence electrons. The molecular weight excluding hydrogens is 328 g/mol. The van der Waals surface area contributed by atoms with Crippen molar-refractivity contribution in [1.29, 1.82) is 0 Å². The largest absolute Gasteiger partial charge is 0.354 e. The summed E-state index contributed by atoms with van der Waals surface area (Å²) in [5.74, 6) is 0. The van der Waals surface area contributed by atoms with E-state index in [0.29, 0.717) is 21.6 Å². The highest BCUT2D eigenvalue weighted by molar-refractivity contribution is 7.80. The fourth-order valence-electron chi connectivity index (χ4n) is 1.44. The smallest absolute Gasteiger partial charge is 0.189 e. The Morgan fingerprint density at radius 1 is 0.870 bits per heavy atom. The van der Waals surface area contributed by atoms with Gasteiger partial charge < -0.3 is 9.80 Å². The fraction of sp³-hybridized carbons (Fsp3) is 0.333. The summed E-state index contributed by atoms with van der Waals surface area (Å²) in [5.41, 5.74) is 8.01. The molecule has 8 heteroatoms. The monoisotopic (exact) mass is 350 g/mol. The van der Waals surface area contributed by atoms with Crippen LogP contribution in [0.25, 0.3) is 0 Å². The van der Waals surface area contributed by atoms with E-state index in [0.717, 1.165) is 5.56 Å². The van der Waals surface area contributed by atoms with Gasteiger partial charge in [0, 0.05) is 33.8 Å². The van der Waals surface area contributed by atoms with Crippen molar-refractivity contribution < 1.29 is 0 Å². The Hall–Kier alpha value is -2.06. The van der Waals surface area contributed by atoms with Gasteiger partial charge in [-0.2, -0.15) is 10.2 Å². The van der Waals surface area contributed by atoms with Crippen molar-refractivity contribution in [2.24, 2.45) is 10.2 Å². The number of hydrogen-bond donors (Lipinski definition) is 2. The van der Waals surface area contributed by atoms with Crippen LogP contribution in [0.4, 0.5) is 0 Å². The van der Waals surface area contributed by atoms with Crippen LogP contribution in [-0.2, 0) is 0 Å². The van der Waals surface area contributed by atoms with Crippen molar-refractivity contribution in [1.82, 2.24) is 20.7 Å². The summed E-state index contributed by atoms with van der Waals surface area (Å²) in [6.07, 6.45) is 0. The van der Waals surface area contributed by atoms with E-state index < -0.39 is 0 Å². The maximum Gasteiger partial charge on any atom is 0.189 e. The minimum absolute atomic E-state index is 0.517. The van der Waals surface area contributed by atoms with Crippen molar-refractivity contribution in [3.8, 4) is 0 Å². The molecule has 1 rings (SSSR count). The van der Waals surface area contributed by atoms with Gasteiger partial charge in [-0.15, -0.1) is 0 Å². The van der Waals surface area contributed by atoms with Crippen molar-refractivity contribution >= 4 is 46.1 Å². The predicted octanol–water partition coefficient (Wildman–Crippen LogP) is 1.64. The molecule has 0 bridgehead atoms. The van der Waals surface area contributed by atoms with Crippen LogP contribution in [0.5, 0.6) is 0 Å². The fourth-order valence-corrected chi connectivity index (χ4v) is 1.53. The second kappa shape index (κ2) is 9.16. The maximum absolute atomic E-state index is 5.20. The summed E-state index contributed by atoms with van der Waals surface area (Å²) >= 11 is 10.4. The number of nitrogens with zero attached hydrogens (tertiary/aromatic N) is 4. The topological polar surface area (TPSA) is 55.3 Å². The van der Waals surface area contributed by atoms with Gasteiger partial charge in [-0.05, 0) is 31.4 Å². The number of nitrogens with one attached hydrogen (secondary N) is 2. The van der Waals surface area contributed by atoms with E-state index in [9.17, 15) is 0 Å². The molecule has 0 saturated carbocycles. The van der Waals surface area contributed by atoms with Crippen LogP contribution >= 0.6 is 24.4 Å². The second-order valence-electron chi connectivity index (χ2n) is 5.15. The van der Waals surface area contributed by atoms with E-state index in [1.165, 1.54) is 0 Å². The Morgan fingerprint density at radius 2 is 1.35 bits per heavy atom. The number of hydrogen-bond acceptors (Lipinski definition) is 4. The SMILES string of the molecule is CC(=N/NC(=S)N(C)C)/C(=N\NC(=S)N(C)C)c1ccccc1. The number of rotatable bonds is 4. The van der Waals surface area contributed by atoms with Crippen molar-refractivity contribution in [3.05, 3.63) is 35.9 Å². The van der Waals surface area contributed by atoms with E-state index in [1.54, 1.807) is 9.80 Å². The first kappa shape index (κ1) is 19.0. The highest BCUT2D eigenvalue weighted by Gasteiger charge is 2.09. The molecule has 1 aromatic carbocycles. The van der Waals surface area contributed by atoms with E-state index >= 15 is 0 Å². The molecule has 0 aromatic heterocycles. The van der Waals surface area contributed by atoms with E-state index in [2.05, 4.69) is 21.1 Å². The molecule has 0 aliphatic heterocycles. The maximum atomic E-state index is 5.20. The van der Waals surface area contributed by atoms with Crippen LogP contribution in [0.3, 0.4) is 0 Å². The Kier molecular flexibility index (Phi) is 7.56. The van der Waals surface area contributed by atoms with Crippen molar-refractivity contribution in [2.75, 3.05) is 28.2 Å². The predicted molar refractivity (Wildman–Crippen MR) is 105 cm³/mol. The van der Waals surface area contributed by atoms with Gasteiger partial charge in [0.05, 0.1) is 5.71 Å². The van der Waals surface area contributed by atoms with Crippen LogP contribution in [0.15, 0.2) is 40.5 Å². The Bertz CT molecular complexity index is 608. The van der Waals surface area contributed by atoms with Gasteiger partial charge >= 0.3 is 0 Å². The highest BCUT2D eigenvalue weighted by atomic mass is 32.1. The minimum Gasteiger partial charge on any atom is -0.354 e. The molecule has 0 aliphatic carbocycles. The normalized spacial score (nSPS) is 11.7. The van der Waals surface area contributed by atoms with Crippen LogP contribution < -0.4 is 10.9 Å². The lowest BCUT2D eigenvalue weighted by Crippen LogP contribution is -2.34. The zero-order chi connectivity index (χ0) is 17.4.